The van der Waals surface area contributed by atoms with Gasteiger partial charge in [-0.2, -0.15) is 0 Å². The molecule has 82 valence electrons. The van der Waals surface area contributed by atoms with Gasteiger partial charge >= 0.3 is 0 Å². The first-order valence-electron chi connectivity index (χ1n) is 5.41. The first-order valence-corrected chi connectivity index (χ1v) is 6.21. The molecule has 15 heavy (non-hydrogen) atoms. The summed E-state index contributed by atoms with van der Waals surface area (Å²) in [7, 11) is 0. The van der Waals surface area contributed by atoms with Crippen LogP contribution in [0.5, 0.6) is 0 Å². The van der Waals surface area contributed by atoms with E-state index in [9.17, 15) is 5.11 Å². The highest BCUT2D eigenvalue weighted by Crippen LogP contribution is 2.19. The lowest BCUT2D eigenvalue weighted by molar-refractivity contribution is 0.126. The fourth-order valence-corrected chi connectivity index (χ4v) is 2.26. The number of hydrogen-bond acceptors (Lipinski definition) is 2. The molecular formula is C12H16BrNO. The van der Waals surface area contributed by atoms with Crippen molar-refractivity contribution < 1.29 is 5.11 Å². The number of aliphatic hydroxyl groups excluding tert-OH is 1. The quantitative estimate of drug-likeness (QED) is 0.912. The van der Waals surface area contributed by atoms with Gasteiger partial charge in [0.1, 0.15) is 0 Å². The van der Waals surface area contributed by atoms with E-state index in [4.69, 9.17) is 0 Å². The summed E-state index contributed by atoms with van der Waals surface area (Å²) in [5, 5.41) is 10.0. The number of nitrogens with zero attached hydrogens (tertiary/aromatic N) is 1. The average molecular weight is 270 g/mol. The smallest absolute Gasteiger partial charge is 0.0916 e. The summed E-state index contributed by atoms with van der Waals surface area (Å²) in [6.07, 6.45) is 2.19. The van der Waals surface area contributed by atoms with Crippen molar-refractivity contribution in [2.45, 2.75) is 18.9 Å². The second-order valence-corrected chi connectivity index (χ2v) is 4.99. The molecule has 1 aromatic carbocycles. The molecule has 3 heteroatoms. The van der Waals surface area contributed by atoms with E-state index in [0.29, 0.717) is 0 Å². The van der Waals surface area contributed by atoms with Crippen LogP contribution in [0, 0.1) is 0 Å². The Morgan fingerprint density at radius 3 is 2.40 bits per heavy atom. The highest BCUT2D eigenvalue weighted by molar-refractivity contribution is 9.10. The number of benzene rings is 1. The molecule has 0 saturated carbocycles. The van der Waals surface area contributed by atoms with Crippen LogP contribution in [0.3, 0.4) is 0 Å². The van der Waals surface area contributed by atoms with Crippen LogP contribution in [-0.2, 0) is 0 Å². The van der Waals surface area contributed by atoms with E-state index in [2.05, 4.69) is 20.8 Å². The highest BCUT2D eigenvalue weighted by Gasteiger charge is 2.16. The fraction of sp³-hybridized carbons (Fsp3) is 0.500. The predicted octanol–water partition coefficient (Wildman–Crippen LogP) is 2.58. The lowest BCUT2D eigenvalue weighted by atomic mass is 10.1. The molecule has 1 N–H and O–H groups in total. The molecule has 2 rings (SSSR count). The Balaban J connectivity index is 1.94. The summed E-state index contributed by atoms with van der Waals surface area (Å²) >= 11 is 3.39. The van der Waals surface area contributed by atoms with E-state index in [1.165, 1.54) is 12.8 Å². The third kappa shape index (κ3) is 3.03. The summed E-state index contributed by atoms with van der Waals surface area (Å²) in [6, 6.07) is 7.90. The maximum absolute atomic E-state index is 10.0. The van der Waals surface area contributed by atoms with Gasteiger partial charge in [-0.25, -0.2) is 0 Å². The molecule has 0 amide bonds. The molecule has 1 fully saturated rings. The van der Waals surface area contributed by atoms with Crippen LogP contribution < -0.4 is 0 Å². The van der Waals surface area contributed by atoms with Crippen molar-refractivity contribution in [2.24, 2.45) is 0 Å². The SMILES string of the molecule is OC(CN1CCCC1)c1ccc(Br)cc1. The van der Waals surface area contributed by atoms with Gasteiger partial charge in [0.2, 0.25) is 0 Å². The number of likely N-dealkylation sites (tertiary alicyclic amines) is 1. The standard InChI is InChI=1S/C12H16BrNO/c13-11-5-3-10(4-6-11)12(15)9-14-7-1-2-8-14/h3-6,12,15H,1-2,7-9H2. The Morgan fingerprint density at radius 2 is 1.80 bits per heavy atom. The van der Waals surface area contributed by atoms with Crippen molar-refractivity contribution in [1.82, 2.24) is 4.90 Å². The van der Waals surface area contributed by atoms with Crippen LogP contribution in [-0.4, -0.2) is 29.6 Å². The van der Waals surface area contributed by atoms with Gasteiger partial charge in [-0.15, -0.1) is 0 Å². The molecule has 0 radical (unpaired) electrons. The zero-order chi connectivity index (χ0) is 10.7. The van der Waals surface area contributed by atoms with Crippen molar-refractivity contribution in [3.8, 4) is 0 Å². The molecule has 0 spiro atoms. The van der Waals surface area contributed by atoms with Crippen LogP contribution in [0.2, 0.25) is 0 Å². The molecule has 0 aliphatic carbocycles. The predicted molar refractivity (Wildman–Crippen MR) is 64.8 cm³/mol. The molecule has 1 unspecified atom stereocenters. The summed E-state index contributed by atoms with van der Waals surface area (Å²) in [4.78, 5) is 2.33. The zero-order valence-electron chi connectivity index (χ0n) is 8.69. The van der Waals surface area contributed by atoms with Gasteiger partial charge in [-0.3, -0.25) is 0 Å². The van der Waals surface area contributed by atoms with Crippen molar-refractivity contribution in [1.29, 1.82) is 0 Å². The van der Waals surface area contributed by atoms with Gasteiger partial charge in [0, 0.05) is 11.0 Å². The molecule has 2 nitrogen and oxygen atoms in total. The zero-order valence-corrected chi connectivity index (χ0v) is 10.3. The second kappa shape index (κ2) is 5.10. The van der Waals surface area contributed by atoms with E-state index >= 15 is 0 Å². The average Bonchev–Trinajstić information content (AvgIpc) is 2.71. The van der Waals surface area contributed by atoms with Crippen molar-refractivity contribution in [3.63, 3.8) is 0 Å². The summed E-state index contributed by atoms with van der Waals surface area (Å²) < 4.78 is 1.06. The maximum atomic E-state index is 10.0. The normalized spacial score (nSPS) is 19.3. The minimum atomic E-state index is -0.351. The van der Waals surface area contributed by atoms with E-state index in [-0.39, 0.29) is 6.10 Å². The maximum Gasteiger partial charge on any atom is 0.0916 e. The Labute approximate surface area is 99.0 Å². The third-order valence-electron chi connectivity index (χ3n) is 2.88. The minimum Gasteiger partial charge on any atom is -0.387 e. The molecule has 1 aliphatic heterocycles. The van der Waals surface area contributed by atoms with Gasteiger partial charge in [0.15, 0.2) is 0 Å². The van der Waals surface area contributed by atoms with E-state index in [0.717, 1.165) is 29.7 Å². The second-order valence-electron chi connectivity index (χ2n) is 4.08. The first kappa shape index (κ1) is 11.1. The number of aliphatic hydroxyl groups is 1. The van der Waals surface area contributed by atoms with Crippen LogP contribution in [0.1, 0.15) is 24.5 Å². The lowest BCUT2D eigenvalue weighted by Gasteiger charge is -2.19. The van der Waals surface area contributed by atoms with E-state index < -0.39 is 0 Å². The van der Waals surface area contributed by atoms with Gasteiger partial charge in [-0.05, 0) is 43.6 Å². The molecular weight excluding hydrogens is 254 g/mol. The van der Waals surface area contributed by atoms with Gasteiger partial charge in [0.25, 0.3) is 0 Å². The van der Waals surface area contributed by atoms with Crippen LogP contribution in [0.4, 0.5) is 0 Å². The Kier molecular flexibility index (Phi) is 3.78. The molecule has 1 aliphatic rings. The molecule has 1 atom stereocenters. The van der Waals surface area contributed by atoms with Crippen LogP contribution in [0.25, 0.3) is 0 Å². The highest BCUT2D eigenvalue weighted by atomic mass is 79.9. The van der Waals surface area contributed by atoms with Crippen molar-refractivity contribution in [3.05, 3.63) is 34.3 Å². The topological polar surface area (TPSA) is 23.5 Å². The number of hydrogen-bond donors (Lipinski definition) is 1. The molecule has 0 bridgehead atoms. The van der Waals surface area contributed by atoms with Gasteiger partial charge in [0.05, 0.1) is 6.10 Å². The monoisotopic (exact) mass is 269 g/mol. The molecule has 1 aromatic rings. The number of rotatable bonds is 3. The largest absolute Gasteiger partial charge is 0.387 e. The third-order valence-corrected chi connectivity index (χ3v) is 3.41. The van der Waals surface area contributed by atoms with Gasteiger partial charge in [-0.1, -0.05) is 28.1 Å². The van der Waals surface area contributed by atoms with E-state index in [1.807, 2.05) is 24.3 Å². The Hall–Kier alpha value is -0.380. The van der Waals surface area contributed by atoms with Crippen LogP contribution in [0.15, 0.2) is 28.7 Å². The lowest BCUT2D eigenvalue weighted by Crippen LogP contribution is -2.25. The summed E-state index contributed by atoms with van der Waals surface area (Å²) in [5.41, 5.74) is 1.00. The van der Waals surface area contributed by atoms with Crippen molar-refractivity contribution >= 4 is 15.9 Å². The minimum absolute atomic E-state index is 0.351. The van der Waals surface area contributed by atoms with Gasteiger partial charge < -0.3 is 10.0 Å². The van der Waals surface area contributed by atoms with E-state index in [1.54, 1.807) is 0 Å². The Morgan fingerprint density at radius 1 is 1.20 bits per heavy atom. The summed E-state index contributed by atoms with van der Waals surface area (Å²) in [5.74, 6) is 0. The summed E-state index contributed by atoms with van der Waals surface area (Å²) in [6.45, 7) is 3.03. The molecule has 1 heterocycles. The molecule has 1 saturated heterocycles. The number of halogens is 1. The van der Waals surface area contributed by atoms with Crippen LogP contribution >= 0.6 is 15.9 Å². The fourth-order valence-electron chi connectivity index (χ4n) is 2.00. The number of β-amino-alcohol motifs (C(OH)–C–C–N with tert-alkyl or cyclic N) is 1. The first-order chi connectivity index (χ1) is 7.25. The molecule has 0 aromatic heterocycles. The van der Waals surface area contributed by atoms with Crippen molar-refractivity contribution in [2.75, 3.05) is 19.6 Å². The Bertz CT molecular complexity index is 306.